The Labute approximate surface area is 263 Å². The zero-order valence-electron chi connectivity index (χ0n) is 25.8. The first-order valence-electron chi connectivity index (χ1n) is 14.9. The third-order valence-corrected chi connectivity index (χ3v) is 8.07. The predicted octanol–water partition coefficient (Wildman–Crippen LogP) is 5.97. The van der Waals surface area contributed by atoms with Gasteiger partial charge in [-0.15, -0.1) is 0 Å². The van der Waals surface area contributed by atoms with Crippen LogP contribution in [0, 0.1) is 34.6 Å². The number of rotatable bonds is 14. The summed E-state index contributed by atoms with van der Waals surface area (Å²) in [5, 5.41) is 14.3. The molecule has 0 aliphatic heterocycles. The molecule has 1 aliphatic carbocycles. The van der Waals surface area contributed by atoms with Gasteiger partial charge in [-0.3, -0.25) is 9.59 Å². The molecule has 0 aromatic heterocycles. The first-order chi connectivity index (χ1) is 21.5. The van der Waals surface area contributed by atoms with Gasteiger partial charge in [0.25, 0.3) is 0 Å². The number of amides is 2. The van der Waals surface area contributed by atoms with Gasteiger partial charge in [0, 0.05) is 49.3 Å². The predicted molar refractivity (Wildman–Crippen MR) is 158 cm³/mol. The van der Waals surface area contributed by atoms with Crippen molar-refractivity contribution in [1.29, 1.82) is 0 Å². The molecule has 3 rings (SSSR count). The lowest BCUT2D eigenvalue weighted by molar-refractivity contribution is -0.137. The molecule has 0 saturated carbocycles. The van der Waals surface area contributed by atoms with Gasteiger partial charge in [0.1, 0.15) is 0 Å². The molecule has 46 heavy (non-hydrogen) atoms. The highest BCUT2D eigenvalue weighted by Gasteiger charge is 2.49. The van der Waals surface area contributed by atoms with E-state index in [2.05, 4.69) is 5.32 Å². The maximum absolute atomic E-state index is 14.9. The molecule has 6 nitrogen and oxygen atoms in total. The molecule has 0 fully saturated rings. The summed E-state index contributed by atoms with van der Waals surface area (Å²) in [6, 6.07) is 4.42. The second-order valence-electron chi connectivity index (χ2n) is 11.6. The van der Waals surface area contributed by atoms with Crippen LogP contribution in [0.3, 0.4) is 0 Å². The number of hydrogen-bond donors (Lipinski definition) is 3. The van der Waals surface area contributed by atoms with Gasteiger partial charge in [-0.05, 0) is 44.2 Å². The lowest BCUT2D eigenvalue weighted by Gasteiger charge is -2.42. The van der Waals surface area contributed by atoms with Gasteiger partial charge in [0.15, 0.2) is 23.3 Å². The van der Waals surface area contributed by atoms with Crippen molar-refractivity contribution in [2.45, 2.75) is 65.3 Å². The topological polar surface area (TPSA) is 95.7 Å². The highest BCUT2D eigenvalue weighted by atomic mass is 19.4. The van der Waals surface area contributed by atoms with Crippen LogP contribution in [0.5, 0.6) is 0 Å². The average molecular weight is 658 g/mol. The Morgan fingerprint density at radius 1 is 1.04 bits per heavy atom. The third kappa shape index (κ3) is 8.35. The van der Waals surface area contributed by atoms with Gasteiger partial charge in [0.2, 0.25) is 11.8 Å². The summed E-state index contributed by atoms with van der Waals surface area (Å²) in [6.45, 7) is 5.51. The van der Waals surface area contributed by atoms with E-state index in [1.807, 2.05) is 13.8 Å². The second kappa shape index (κ2) is 15.3. The lowest BCUT2D eigenvalue weighted by atomic mass is 9.63. The van der Waals surface area contributed by atoms with E-state index in [1.165, 1.54) is 18.2 Å². The number of nitrogens with one attached hydrogen (secondary N) is 1. The standard InChI is InChI=1S/C33H38F7N3O3/c1-4-9-43(10-5-2)30(45)21-11-19(3)15-32(16-21,31(41)46)24(13-23-28(36)25(34)14-26(35)29(23)37)27(44)18-42-17-20-7-6-8-22(12-20)33(38,39)40/h6-8,11-12,14-15,24,27,42,44H,4-5,9-10,13,16-18H2,1-3H3,(H2,41,46)/t24-,27+,32?/m1/s1. The van der Waals surface area contributed by atoms with E-state index in [0.29, 0.717) is 31.5 Å². The number of alkyl halides is 3. The number of halogens is 7. The zero-order valence-corrected chi connectivity index (χ0v) is 25.8. The molecule has 2 amide bonds. The summed E-state index contributed by atoms with van der Waals surface area (Å²) < 4.78 is 97.9. The molecule has 13 heteroatoms. The van der Waals surface area contributed by atoms with Crippen molar-refractivity contribution < 1.29 is 45.4 Å². The Bertz CT molecular complexity index is 1460. The minimum absolute atomic E-state index is 0.0281. The van der Waals surface area contributed by atoms with Gasteiger partial charge in [-0.2, -0.15) is 13.2 Å². The molecule has 0 saturated heterocycles. The number of nitrogens with two attached hydrogens (primary N) is 1. The number of aliphatic hydroxyl groups is 1. The maximum Gasteiger partial charge on any atom is 0.416 e. The van der Waals surface area contributed by atoms with Crippen LogP contribution in [-0.2, 0) is 28.7 Å². The van der Waals surface area contributed by atoms with E-state index in [-0.39, 0.29) is 23.7 Å². The van der Waals surface area contributed by atoms with Crippen LogP contribution in [0.2, 0.25) is 0 Å². The highest BCUT2D eigenvalue weighted by molar-refractivity contribution is 5.97. The van der Waals surface area contributed by atoms with E-state index in [0.717, 1.165) is 12.1 Å². The Morgan fingerprint density at radius 2 is 1.65 bits per heavy atom. The van der Waals surface area contributed by atoms with Crippen LogP contribution in [-0.4, -0.2) is 47.6 Å². The number of hydrogen-bond acceptors (Lipinski definition) is 4. The molecule has 2 aromatic carbocycles. The largest absolute Gasteiger partial charge is 0.416 e. The molecule has 4 N–H and O–H groups in total. The number of aliphatic hydroxyl groups excluding tert-OH is 1. The van der Waals surface area contributed by atoms with Crippen molar-refractivity contribution >= 4 is 11.8 Å². The van der Waals surface area contributed by atoms with E-state index < -0.39 is 89.2 Å². The number of carbonyl (C=O) groups excluding carboxylic acids is 2. The summed E-state index contributed by atoms with van der Waals surface area (Å²) in [4.78, 5) is 28.5. The number of allylic oxidation sites excluding steroid dienone is 2. The summed E-state index contributed by atoms with van der Waals surface area (Å²) in [7, 11) is 0. The summed E-state index contributed by atoms with van der Waals surface area (Å²) in [5.74, 6) is -9.88. The van der Waals surface area contributed by atoms with Gasteiger partial charge in [-0.1, -0.05) is 49.8 Å². The Kier molecular flexibility index (Phi) is 12.2. The van der Waals surface area contributed by atoms with Crippen molar-refractivity contribution in [3.05, 3.63) is 93.6 Å². The molecule has 2 aromatic rings. The van der Waals surface area contributed by atoms with Crippen LogP contribution in [0.1, 0.15) is 56.7 Å². The Morgan fingerprint density at radius 3 is 2.20 bits per heavy atom. The van der Waals surface area contributed by atoms with Gasteiger partial charge in [-0.25, -0.2) is 17.6 Å². The SMILES string of the molecule is CCCN(CCC)C(=O)C1=CC(C)=CC(C(N)=O)([C@H](Cc2c(F)c(F)cc(F)c2F)[C@@H](O)CNCc2cccc(C(F)(F)F)c2)C1. The van der Waals surface area contributed by atoms with Gasteiger partial charge in [0.05, 0.1) is 17.1 Å². The number of primary amides is 1. The fourth-order valence-electron chi connectivity index (χ4n) is 5.96. The monoisotopic (exact) mass is 657 g/mol. The normalized spacial score (nSPS) is 18.1. The molecule has 252 valence electrons. The quantitative estimate of drug-likeness (QED) is 0.173. The number of carbonyl (C=O) groups is 2. The second-order valence-corrected chi connectivity index (χ2v) is 11.6. The van der Waals surface area contributed by atoms with Crippen LogP contribution >= 0.6 is 0 Å². The molecular formula is C33H38F7N3O3. The van der Waals surface area contributed by atoms with Gasteiger partial charge >= 0.3 is 6.18 Å². The molecule has 1 aliphatic rings. The molecule has 1 unspecified atom stereocenters. The molecule has 0 radical (unpaired) electrons. The summed E-state index contributed by atoms with van der Waals surface area (Å²) in [6.07, 6.45) is -3.43. The maximum atomic E-state index is 14.9. The smallest absolute Gasteiger partial charge is 0.391 e. The van der Waals surface area contributed by atoms with Crippen molar-refractivity contribution in [3.63, 3.8) is 0 Å². The molecule has 0 heterocycles. The van der Waals surface area contributed by atoms with Gasteiger partial charge < -0.3 is 21.1 Å². The number of nitrogens with zero attached hydrogens (tertiary/aromatic N) is 1. The Balaban J connectivity index is 2.05. The highest BCUT2D eigenvalue weighted by Crippen LogP contribution is 2.45. The molecule has 3 atom stereocenters. The number of benzene rings is 2. The minimum atomic E-state index is -4.60. The van der Waals surface area contributed by atoms with Crippen molar-refractivity contribution in [3.8, 4) is 0 Å². The van der Waals surface area contributed by atoms with Crippen LogP contribution in [0.15, 0.2) is 53.6 Å². The van der Waals surface area contributed by atoms with Crippen molar-refractivity contribution in [1.82, 2.24) is 10.2 Å². The van der Waals surface area contributed by atoms with E-state index in [9.17, 15) is 45.4 Å². The molecule has 0 bridgehead atoms. The first kappa shape index (κ1) is 36.8. The van der Waals surface area contributed by atoms with Crippen LogP contribution in [0.25, 0.3) is 0 Å². The Hall–Kier alpha value is -3.71. The summed E-state index contributed by atoms with van der Waals surface area (Å²) in [5.41, 5.74) is 2.69. The van der Waals surface area contributed by atoms with E-state index in [4.69, 9.17) is 5.73 Å². The molecule has 0 spiro atoms. The fourth-order valence-corrected chi connectivity index (χ4v) is 5.96. The zero-order chi connectivity index (χ0) is 34.4. The van der Waals surface area contributed by atoms with E-state index in [1.54, 1.807) is 17.9 Å². The van der Waals surface area contributed by atoms with Crippen LogP contribution < -0.4 is 11.1 Å². The first-order valence-corrected chi connectivity index (χ1v) is 14.9. The minimum Gasteiger partial charge on any atom is -0.391 e. The molecular weight excluding hydrogens is 619 g/mol. The third-order valence-electron chi connectivity index (χ3n) is 8.07. The fraction of sp³-hybridized carbons (Fsp3) is 0.455. The van der Waals surface area contributed by atoms with E-state index >= 15 is 0 Å². The summed E-state index contributed by atoms with van der Waals surface area (Å²) >= 11 is 0. The lowest BCUT2D eigenvalue weighted by Crippen LogP contribution is -2.52. The average Bonchev–Trinajstić information content (AvgIpc) is 2.99. The van der Waals surface area contributed by atoms with Crippen molar-refractivity contribution in [2.75, 3.05) is 19.6 Å². The van der Waals surface area contributed by atoms with Crippen LogP contribution in [0.4, 0.5) is 30.7 Å². The van der Waals surface area contributed by atoms with Crippen molar-refractivity contribution in [2.24, 2.45) is 17.1 Å².